The Hall–Kier alpha value is -1.11. The van der Waals surface area contributed by atoms with Crippen molar-refractivity contribution in [1.29, 1.82) is 0 Å². The predicted molar refractivity (Wildman–Crippen MR) is 57.9 cm³/mol. The first-order valence-corrected chi connectivity index (χ1v) is 4.81. The summed E-state index contributed by atoms with van der Waals surface area (Å²) in [5.74, 6) is 0. The van der Waals surface area contributed by atoms with Gasteiger partial charge in [-0.1, -0.05) is 37.4 Å². The van der Waals surface area contributed by atoms with E-state index in [9.17, 15) is 0 Å². The van der Waals surface area contributed by atoms with Crippen molar-refractivity contribution in [3.05, 3.63) is 54.2 Å². The summed E-state index contributed by atoms with van der Waals surface area (Å²) in [4.78, 5) is 4.25. The normalized spacial score (nSPS) is 9.40. The summed E-state index contributed by atoms with van der Waals surface area (Å²) in [5.41, 5.74) is 3.53. The summed E-state index contributed by atoms with van der Waals surface area (Å²) in [6, 6.07) is 15.3. The van der Waals surface area contributed by atoms with Gasteiger partial charge in [0.15, 0.2) is 0 Å². The Morgan fingerprint density at radius 3 is 2.40 bits per heavy atom. The van der Waals surface area contributed by atoms with Gasteiger partial charge in [-0.3, -0.25) is 4.98 Å². The maximum Gasteiger partial charge on any atom is 0 e. The molecule has 1 nitrogen and oxygen atoms in total. The first kappa shape index (κ1) is 12.0. The van der Waals surface area contributed by atoms with E-state index in [2.05, 4.69) is 42.2 Å². The van der Waals surface area contributed by atoms with Crippen LogP contribution in [0.15, 0.2) is 42.6 Å². The second-order valence-electron chi connectivity index (χ2n) is 3.19. The van der Waals surface area contributed by atoms with E-state index in [0.717, 1.165) is 17.7 Å². The summed E-state index contributed by atoms with van der Waals surface area (Å²) < 4.78 is 0. The number of aryl methyl sites for hydroxylation is 1. The molecule has 0 saturated heterocycles. The molecule has 0 fully saturated rings. The van der Waals surface area contributed by atoms with Crippen molar-refractivity contribution in [2.45, 2.75) is 13.3 Å². The van der Waals surface area contributed by atoms with E-state index in [-0.39, 0.29) is 17.1 Å². The van der Waals surface area contributed by atoms with Crippen molar-refractivity contribution in [3.63, 3.8) is 0 Å². The molecule has 0 bridgehead atoms. The van der Waals surface area contributed by atoms with Crippen molar-refractivity contribution in [2.75, 3.05) is 0 Å². The molecule has 0 aliphatic rings. The SMILES string of the molecule is CCc1ccc(-c2cc[c-]cn2)cc1.[Mn]. The Morgan fingerprint density at radius 1 is 1.13 bits per heavy atom. The third-order valence-electron chi connectivity index (χ3n) is 2.27. The van der Waals surface area contributed by atoms with Crippen LogP contribution in [0.3, 0.4) is 0 Å². The average molecular weight is 237 g/mol. The Balaban J connectivity index is 0.00000112. The van der Waals surface area contributed by atoms with Crippen molar-refractivity contribution in [3.8, 4) is 11.3 Å². The topological polar surface area (TPSA) is 12.9 Å². The molecule has 1 radical (unpaired) electrons. The molecule has 2 aromatic rings. The van der Waals surface area contributed by atoms with Crippen LogP contribution in [0.1, 0.15) is 12.5 Å². The van der Waals surface area contributed by atoms with Gasteiger partial charge in [0.2, 0.25) is 0 Å². The van der Waals surface area contributed by atoms with E-state index in [1.807, 2.05) is 12.1 Å². The standard InChI is InChI=1S/C13H12N.Mn/c1-2-11-6-8-12(9-7-11)13-5-3-4-10-14-13;/h3,5-10H,2H2,1H3;/q-1;. The Bertz CT molecular complexity index is 395. The number of aromatic nitrogens is 1. The fourth-order valence-electron chi connectivity index (χ4n) is 1.40. The van der Waals surface area contributed by atoms with Gasteiger partial charge in [0, 0.05) is 17.1 Å². The van der Waals surface area contributed by atoms with Gasteiger partial charge in [-0.2, -0.15) is 6.07 Å². The number of nitrogens with zero attached hydrogens (tertiary/aromatic N) is 1. The van der Waals surface area contributed by atoms with Crippen LogP contribution in [0.2, 0.25) is 0 Å². The van der Waals surface area contributed by atoms with E-state index < -0.39 is 0 Å². The van der Waals surface area contributed by atoms with Crippen molar-refractivity contribution in [2.24, 2.45) is 0 Å². The Morgan fingerprint density at radius 2 is 1.87 bits per heavy atom. The molecule has 0 spiro atoms. The van der Waals surface area contributed by atoms with E-state index in [1.54, 1.807) is 6.20 Å². The first-order valence-electron chi connectivity index (χ1n) is 4.81. The average Bonchev–Trinajstić information content (AvgIpc) is 2.30. The van der Waals surface area contributed by atoms with E-state index in [4.69, 9.17) is 0 Å². The number of hydrogen-bond acceptors (Lipinski definition) is 1. The molecule has 1 aromatic heterocycles. The maximum atomic E-state index is 4.25. The molecule has 0 saturated carbocycles. The van der Waals surface area contributed by atoms with Gasteiger partial charge < -0.3 is 0 Å². The van der Waals surface area contributed by atoms with Gasteiger partial charge >= 0.3 is 0 Å². The Labute approximate surface area is 101 Å². The summed E-state index contributed by atoms with van der Waals surface area (Å²) in [6.45, 7) is 2.16. The minimum atomic E-state index is 0. The molecule has 1 aromatic carbocycles. The summed E-state index contributed by atoms with van der Waals surface area (Å²) in [6.07, 6.45) is 2.78. The summed E-state index contributed by atoms with van der Waals surface area (Å²) in [5, 5.41) is 0. The van der Waals surface area contributed by atoms with Gasteiger partial charge in [-0.05, 0) is 23.2 Å². The van der Waals surface area contributed by atoms with Crippen LogP contribution in [0.5, 0.6) is 0 Å². The molecule has 0 N–H and O–H groups in total. The van der Waals surface area contributed by atoms with Crippen molar-refractivity contribution < 1.29 is 17.1 Å². The van der Waals surface area contributed by atoms with Crippen molar-refractivity contribution in [1.82, 2.24) is 4.98 Å². The number of hydrogen-bond donors (Lipinski definition) is 0. The molecule has 2 heteroatoms. The second kappa shape index (κ2) is 5.69. The quantitative estimate of drug-likeness (QED) is 0.577. The smallest absolute Gasteiger partial charge is 0 e. The van der Waals surface area contributed by atoms with Crippen LogP contribution in [-0.4, -0.2) is 4.98 Å². The number of benzene rings is 1. The van der Waals surface area contributed by atoms with E-state index in [0.29, 0.717) is 0 Å². The molecule has 0 amide bonds. The molecule has 2 rings (SSSR count). The zero-order chi connectivity index (χ0) is 9.80. The summed E-state index contributed by atoms with van der Waals surface area (Å²) >= 11 is 0. The zero-order valence-corrected chi connectivity index (χ0v) is 9.75. The van der Waals surface area contributed by atoms with Crippen molar-refractivity contribution >= 4 is 0 Å². The minimum Gasteiger partial charge on any atom is -0.296 e. The molecule has 15 heavy (non-hydrogen) atoms. The zero-order valence-electron chi connectivity index (χ0n) is 8.57. The largest absolute Gasteiger partial charge is 0.296 e. The number of pyridine rings is 1. The van der Waals surface area contributed by atoms with E-state index >= 15 is 0 Å². The summed E-state index contributed by atoms with van der Waals surface area (Å²) in [7, 11) is 0. The fraction of sp³-hybridized carbons (Fsp3) is 0.154. The van der Waals surface area contributed by atoms with Gasteiger partial charge in [0.1, 0.15) is 0 Å². The second-order valence-corrected chi connectivity index (χ2v) is 3.19. The first-order chi connectivity index (χ1) is 6.90. The molecule has 0 aliphatic carbocycles. The van der Waals surface area contributed by atoms with E-state index in [1.165, 1.54) is 5.56 Å². The third kappa shape index (κ3) is 2.92. The van der Waals surface area contributed by atoms with Gasteiger partial charge in [-0.25, -0.2) is 12.1 Å². The van der Waals surface area contributed by atoms with Crippen LogP contribution in [0.4, 0.5) is 0 Å². The van der Waals surface area contributed by atoms with Crippen LogP contribution in [0, 0.1) is 6.07 Å². The van der Waals surface area contributed by atoms with Crippen LogP contribution >= 0.6 is 0 Å². The van der Waals surface area contributed by atoms with Gasteiger partial charge in [0.25, 0.3) is 0 Å². The molecule has 0 atom stereocenters. The minimum absolute atomic E-state index is 0. The monoisotopic (exact) mass is 237 g/mol. The Kier molecular flexibility index (Phi) is 4.54. The molecule has 0 aliphatic heterocycles. The molecular weight excluding hydrogens is 225 g/mol. The maximum absolute atomic E-state index is 4.25. The predicted octanol–water partition coefficient (Wildman–Crippen LogP) is 3.11. The van der Waals surface area contributed by atoms with Crippen LogP contribution in [0.25, 0.3) is 11.3 Å². The molecular formula is C13H12MnN-. The third-order valence-corrected chi connectivity index (χ3v) is 2.27. The van der Waals surface area contributed by atoms with Crippen LogP contribution < -0.4 is 0 Å². The fourth-order valence-corrected chi connectivity index (χ4v) is 1.40. The van der Waals surface area contributed by atoms with Crippen LogP contribution in [-0.2, 0) is 23.5 Å². The van der Waals surface area contributed by atoms with Gasteiger partial charge in [-0.15, -0.1) is 0 Å². The molecule has 0 unspecified atom stereocenters. The van der Waals surface area contributed by atoms with Gasteiger partial charge in [0.05, 0.1) is 0 Å². The number of rotatable bonds is 2. The molecule has 1 heterocycles. The molecule has 77 valence electrons.